The zero-order valence-electron chi connectivity index (χ0n) is 12.8. The zero-order chi connectivity index (χ0) is 15.3. The van der Waals surface area contributed by atoms with E-state index >= 15 is 0 Å². The van der Waals surface area contributed by atoms with Gasteiger partial charge < -0.3 is 10.0 Å². The number of hydrogen-bond acceptors (Lipinski definition) is 3. The molecule has 5 nitrogen and oxygen atoms in total. The van der Waals surface area contributed by atoms with Crippen molar-refractivity contribution in [1.82, 2.24) is 9.80 Å². The van der Waals surface area contributed by atoms with Crippen LogP contribution in [0.4, 0.5) is 0 Å². The summed E-state index contributed by atoms with van der Waals surface area (Å²) in [4.78, 5) is 27.4. The molecule has 1 heterocycles. The molecule has 0 bridgehead atoms. The number of aliphatic carboxylic acids is 1. The van der Waals surface area contributed by atoms with Crippen molar-refractivity contribution in [2.45, 2.75) is 45.6 Å². The maximum atomic E-state index is 12.3. The summed E-state index contributed by atoms with van der Waals surface area (Å²) in [5.74, 6) is -0.863. The molecule has 0 aromatic heterocycles. The largest absolute Gasteiger partial charge is 0.480 e. The molecule has 1 aliphatic heterocycles. The zero-order valence-corrected chi connectivity index (χ0v) is 12.8. The Morgan fingerprint density at radius 1 is 1.40 bits per heavy atom. The third-order valence-corrected chi connectivity index (χ3v) is 4.02. The number of piperidine rings is 1. The average Bonchev–Trinajstić information content (AvgIpc) is 2.38. The average molecular weight is 282 g/mol. The van der Waals surface area contributed by atoms with E-state index in [9.17, 15) is 14.7 Å². The molecule has 1 saturated heterocycles. The summed E-state index contributed by atoms with van der Waals surface area (Å²) >= 11 is 0. The van der Waals surface area contributed by atoms with Gasteiger partial charge in [0, 0.05) is 13.1 Å². The minimum atomic E-state index is -0.920. The van der Waals surface area contributed by atoms with E-state index in [0.717, 1.165) is 18.4 Å². The van der Waals surface area contributed by atoms with Crippen LogP contribution >= 0.6 is 0 Å². The van der Waals surface area contributed by atoms with Crippen LogP contribution in [-0.4, -0.2) is 58.5 Å². The van der Waals surface area contributed by atoms with Crippen molar-refractivity contribution >= 4 is 11.9 Å². The molecule has 1 unspecified atom stereocenters. The van der Waals surface area contributed by atoms with Crippen molar-refractivity contribution in [3.63, 3.8) is 0 Å². The van der Waals surface area contributed by atoms with Gasteiger partial charge in [-0.3, -0.25) is 14.5 Å². The second kappa shape index (κ2) is 6.88. The lowest BCUT2D eigenvalue weighted by Gasteiger charge is -2.41. The number of carbonyl (C=O) groups is 2. The number of hydrogen-bond donors (Lipinski definition) is 1. The number of amides is 1. The minimum absolute atomic E-state index is 0.0233. The second-order valence-corrected chi connectivity index (χ2v) is 5.82. The van der Waals surface area contributed by atoms with Crippen LogP contribution in [0.2, 0.25) is 0 Å². The van der Waals surface area contributed by atoms with Crippen molar-refractivity contribution in [2.75, 3.05) is 26.2 Å². The molecule has 114 valence electrons. The van der Waals surface area contributed by atoms with Gasteiger partial charge in [0.15, 0.2) is 0 Å². The van der Waals surface area contributed by atoms with Gasteiger partial charge in [0.25, 0.3) is 0 Å². The van der Waals surface area contributed by atoms with Crippen molar-refractivity contribution < 1.29 is 14.7 Å². The smallest absolute Gasteiger partial charge is 0.323 e. The third-order valence-electron chi connectivity index (χ3n) is 4.02. The van der Waals surface area contributed by atoms with Gasteiger partial charge in [0.2, 0.25) is 5.91 Å². The normalized spacial score (nSPS) is 23.4. The molecule has 0 aromatic carbocycles. The lowest BCUT2D eigenvalue weighted by Crippen LogP contribution is -2.58. The summed E-state index contributed by atoms with van der Waals surface area (Å²) in [7, 11) is 0. The number of likely N-dealkylation sites (tertiary alicyclic amines) is 1. The van der Waals surface area contributed by atoms with Crippen LogP contribution < -0.4 is 0 Å². The summed E-state index contributed by atoms with van der Waals surface area (Å²) in [6.45, 7) is 11.3. The predicted molar refractivity (Wildman–Crippen MR) is 78.5 cm³/mol. The lowest BCUT2D eigenvalue weighted by molar-refractivity contribution is -0.154. The highest BCUT2D eigenvalue weighted by molar-refractivity contribution is 5.82. The molecule has 0 aliphatic carbocycles. The Labute approximate surface area is 121 Å². The Morgan fingerprint density at radius 3 is 2.55 bits per heavy atom. The highest BCUT2D eigenvalue weighted by Gasteiger charge is 2.42. The van der Waals surface area contributed by atoms with Gasteiger partial charge in [-0.15, -0.1) is 0 Å². The van der Waals surface area contributed by atoms with Gasteiger partial charge in [0.1, 0.15) is 5.54 Å². The van der Waals surface area contributed by atoms with Gasteiger partial charge in [-0.1, -0.05) is 12.2 Å². The number of carbonyl (C=O) groups excluding carboxylic acids is 1. The molecular weight excluding hydrogens is 256 g/mol. The van der Waals surface area contributed by atoms with E-state index in [4.69, 9.17) is 0 Å². The Morgan fingerprint density at radius 2 is 2.05 bits per heavy atom. The molecule has 0 aromatic rings. The van der Waals surface area contributed by atoms with Crippen molar-refractivity contribution in [3.8, 4) is 0 Å². The quantitative estimate of drug-likeness (QED) is 0.754. The topological polar surface area (TPSA) is 60.9 Å². The van der Waals surface area contributed by atoms with E-state index in [2.05, 4.69) is 6.58 Å². The number of rotatable bonds is 6. The highest BCUT2D eigenvalue weighted by Crippen LogP contribution is 2.28. The van der Waals surface area contributed by atoms with Crippen molar-refractivity contribution in [2.24, 2.45) is 0 Å². The van der Waals surface area contributed by atoms with Crippen LogP contribution in [0.5, 0.6) is 0 Å². The number of carboxylic acid groups (broad SMARTS) is 1. The van der Waals surface area contributed by atoms with E-state index in [0.29, 0.717) is 26.1 Å². The van der Waals surface area contributed by atoms with Gasteiger partial charge in [-0.05, 0) is 46.6 Å². The van der Waals surface area contributed by atoms with E-state index in [1.165, 1.54) is 0 Å². The van der Waals surface area contributed by atoms with Gasteiger partial charge >= 0.3 is 5.97 Å². The fourth-order valence-electron chi connectivity index (χ4n) is 2.64. The summed E-state index contributed by atoms with van der Waals surface area (Å²) < 4.78 is 0. The predicted octanol–water partition coefficient (Wildman–Crippen LogP) is 1.74. The van der Waals surface area contributed by atoms with Crippen LogP contribution in [0, 0.1) is 0 Å². The van der Waals surface area contributed by atoms with Gasteiger partial charge in [-0.25, -0.2) is 0 Å². The first-order valence-electron chi connectivity index (χ1n) is 7.22. The second-order valence-electron chi connectivity index (χ2n) is 5.82. The summed E-state index contributed by atoms with van der Waals surface area (Å²) in [5.41, 5.74) is 0.0103. The third kappa shape index (κ3) is 3.82. The first-order valence-corrected chi connectivity index (χ1v) is 7.22. The molecular formula is C15H26N2O3. The maximum absolute atomic E-state index is 12.3. The highest BCUT2D eigenvalue weighted by atomic mass is 16.4. The number of carboxylic acids is 1. The molecule has 1 amide bonds. The SMILES string of the molecule is C=C(C)CN(CC)C(=O)CN1CCCCC1(C)C(=O)O. The van der Waals surface area contributed by atoms with Gasteiger partial charge in [-0.2, -0.15) is 0 Å². The molecule has 20 heavy (non-hydrogen) atoms. The summed E-state index contributed by atoms with van der Waals surface area (Å²) in [6.07, 6.45) is 2.45. The van der Waals surface area contributed by atoms with Gasteiger partial charge in [0.05, 0.1) is 6.54 Å². The van der Waals surface area contributed by atoms with Crippen molar-refractivity contribution in [3.05, 3.63) is 12.2 Å². The molecule has 1 atom stereocenters. The molecule has 0 spiro atoms. The Balaban J connectivity index is 2.76. The molecule has 1 aliphatic rings. The molecule has 0 saturated carbocycles. The molecule has 1 rings (SSSR count). The first-order chi connectivity index (χ1) is 9.31. The first kappa shape index (κ1) is 16.7. The van der Waals surface area contributed by atoms with Crippen LogP contribution in [0.25, 0.3) is 0 Å². The van der Waals surface area contributed by atoms with Crippen LogP contribution in [0.3, 0.4) is 0 Å². The summed E-state index contributed by atoms with van der Waals surface area (Å²) in [5, 5.41) is 9.44. The lowest BCUT2D eigenvalue weighted by atomic mass is 9.88. The number of likely N-dealkylation sites (N-methyl/N-ethyl adjacent to an activating group) is 1. The number of nitrogens with zero attached hydrogens (tertiary/aromatic N) is 2. The van der Waals surface area contributed by atoms with Crippen LogP contribution in [0.1, 0.15) is 40.0 Å². The molecule has 1 N–H and O–H groups in total. The van der Waals surface area contributed by atoms with Crippen LogP contribution in [-0.2, 0) is 9.59 Å². The van der Waals surface area contributed by atoms with E-state index < -0.39 is 11.5 Å². The maximum Gasteiger partial charge on any atom is 0.323 e. The summed E-state index contributed by atoms with van der Waals surface area (Å²) in [6, 6.07) is 0. The Bertz CT molecular complexity index is 395. The molecule has 0 radical (unpaired) electrons. The fourth-order valence-corrected chi connectivity index (χ4v) is 2.64. The van der Waals surface area contributed by atoms with Crippen LogP contribution in [0.15, 0.2) is 12.2 Å². The van der Waals surface area contributed by atoms with Crippen molar-refractivity contribution in [1.29, 1.82) is 0 Å². The Kier molecular flexibility index (Phi) is 5.74. The fraction of sp³-hybridized carbons (Fsp3) is 0.733. The van der Waals surface area contributed by atoms with E-state index in [1.54, 1.807) is 11.8 Å². The standard InChI is InChI=1S/C15H26N2O3/c1-5-16(10-12(2)3)13(18)11-17-9-7-6-8-15(17,4)14(19)20/h2,5-11H2,1,3-4H3,(H,19,20). The monoisotopic (exact) mass is 282 g/mol. The Hall–Kier alpha value is -1.36. The molecule has 5 heteroatoms. The molecule has 1 fully saturated rings. The van der Waals surface area contributed by atoms with E-state index in [1.807, 2.05) is 18.7 Å². The minimum Gasteiger partial charge on any atom is -0.480 e. The van der Waals surface area contributed by atoms with E-state index in [-0.39, 0.29) is 12.5 Å².